The normalized spacial score (nSPS) is 12.4. The summed E-state index contributed by atoms with van der Waals surface area (Å²) in [4.78, 5) is 22.0. The highest BCUT2D eigenvalue weighted by molar-refractivity contribution is 7.89. The van der Waals surface area contributed by atoms with Gasteiger partial charge in [-0.15, -0.1) is 13.2 Å². The molecule has 11 nitrogen and oxygen atoms in total. The number of rotatable bonds is 8. The standard InChI is InChI=1S/C20H16F6N4O7S/c1-30(37-18(31)19(21,22)23)38(32,33)10-4-5-14(36-20(24,25)26)13(6-10)29-17-11-7-15(34-2)16(35-3)8-12(11)27-9-28-17/h4-9H,1-3H3,(H,27,28,29). The van der Waals surface area contributed by atoms with E-state index in [9.17, 15) is 39.6 Å². The van der Waals surface area contributed by atoms with Gasteiger partial charge < -0.3 is 24.4 Å². The minimum Gasteiger partial charge on any atom is -0.493 e. The summed E-state index contributed by atoms with van der Waals surface area (Å²) in [6.45, 7) is 0. The van der Waals surface area contributed by atoms with Crippen LogP contribution >= 0.6 is 0 Å². The number of nitrogens with zero attached hydrogens (tertiary/aromatic N) is 3. The number of carbonyl (C=O) groups excluding carboxylic acids is 1. The highest BCUT2D eigenvalue weighted by Crippen LogP contribution is 2.38. The summed E-state index contributed by atoms with van der Waals surface area (Å²) in [5.41, 5.74) is -0.366. The monoisotopic (exact) mass is 570 g/mol. The Morgan fingerprint density at radius 3 is 2.16 bits per heavy atom. The van der Waals surface area contributed by atoms with Crippen molar-refractivity contribution in [3.63, 3.8) is 0 Å². The van der Waals surface area contributed by atoms with E-state index in [1.807, 2.05) is 0 Å². The Morgan fingerprint density at radius 1 is 0.947 bits per heavy atom. The molecule has 3 rings (SSSR count). The summed E-state index contributed by atoms with van der Waals surface area (Å²) in [6, 6.07) is 4.65. The molecule has 0 amide bonds. The molecule has 0 saturated carbocycles. The summed E-state index contributed by atoms with van der Waals surface area (Å²) >= 11 is 0. The van der Waals surface area contributed by atoms with Crippen molar-refractivity contribution in [3.8, 4) is 17.2 Å². The predicted octanol–water partition coefficient (Wildman–Crippen LogP) is 3.93. The third kappa shape index (κ3) is 6.25. The fourth-order valence-electron chi connectivity index (χ4n) is 2.96. The molecule has 0 spiro atoms. The van der Waals surface area contributed by atoms with Crippen LogP contribution in [0.2, 0.25) is 0 Å². The molecule has 0 saturated heterocycles. The number of fused-ring (bicyclic) bond motifs is 1. The number of hydrogen-bond donors (Lipinski definition) is 1. The molecule has 2 aromatic carbocycles. The van der Waals surface area contributed by atoms with E-state index < -0.39 is 44.9 Å². The highest BCUT2D eigenvalue weighted by atomic mass is 32.2. The van der Waals surface area contributed by atoms with Crippen LogP contribution < -0.4 is 19.5 Å². The van der Waals surface area contributed by atoms with Crippen molar-refractivity contribution in [3.05, 3.63) is 36.7 Å². The van der Waals surface area contributed by atoms with E-state index in [4.69, 9.17) is 9.47 Å². The summed E-state index contributed by atoms with van der Waals surface area (Å²) < 4.78 is 116. The van der Waals surface area contributed by atoms with Crippen LogP contribution in [0.25, 0.3) is 10.9 Å². The van der Waals surface area contributed by atoms with Gasteiger partial charge in [0.05, 0.1) is 30.3 Å². The maximum atomic E-state index is 13.0. The zero-order valence-electron chi connectivity index (χ0n) is 19.3. The lowest BCUT2D eigenvalue weighted by atomic mass is 10.2. The Labute approximate surface area is 209 Å². The zero-order valence-corrected chi connectivity index (χ0v) is 20.2. The molecule has 0 radical (unpaired) electrons. The summed E-state index contributed by atoms with van der Waals surface area (Å²) in [5.74, 6) is -3.41. The third-order valence-corrected chi connectivity index (χ3v) is 6.25. The van der Waals surface area contributed by atoms with Crippen LogP contribution in [-0.4, -0.2) is 62.6 Å². The Bertz CT molecular complexity index is 1460. The van der Waals surface area contributed by atoms with Crippen molar-refractivity contribution in [1.82, 2.24) is 14.4 Å². The molecular formula is C20H16F6N4O7S. The van der Waals surface area contributed by atoms with E-state index in [2.05, 4.69) is 24.9 Å². The fourth-order valence-corrected chi connectivity index (χ4v) is 3.93. The van der Waals surface area contributed by atoms with Crippen LogP contribution in [0, 0.1) is 0 Å². The zero-order chi connectivity index (χ0) is 28.5. The van der Waals surface area contributed by atoms with E-state index in [1.165, 1.54) is 26.4 Å². The molecule has 0 atom stereocenters. The average Bonchev–Trinajstić information content (AvgIpc) is 2.82. The molecule has 0 aliphatic heterocycles. The second-order valence-corrected chi connectivity index (χ2v) is 9.00. The first kappa shape index (κ1) is 28.5. The predicted molar refractivity (Wildman–Crippen MR) is 116 cm³/mol. The molecule has 18 heteroatoms. The van der Waals surface area contributed by atoms with Crippen LogP contribution in [-0.2, 0) is 19.7 Å². The molecule has 1 aromatic heterocycles. The quantitative estimate of drug-likeness (QED) is 0.314. The highest BCUT2D eigenvalue weighted by Gasteiger charge is 2.44. The van der Waals surface area contributed by atoms with Gasteiger partial charge in [0.2, 0.25) is 0 Å². The first-order valence-electron chi connectivity index (χ1n) is 9.88. The van der Waals surface area contributed by atoms with Gasteiger partial charge in [-0.3, -0.25) is 0 Å². The van der Waals surface area contributed by atoms with Crippen molar-refractivity contribution in [2.75, 3.05) is 26.6 Å². The number of methoxy groups -OCH3 is 2. The fraction of sp³-hybridized carbons (Fsp3) is 0.250. The number of halogens is 6. The van der Waals surface area contributed by atoms with Gasteiger partial charge in [-0.05, 0) is 28.7 Å². The molecule has 38 heavy (non-hydrogen) atoms. The number of benzene rings is 2. The number of nitrogens with one attached hydrogen (secondary N) is 1. The first-order chi connectivity index (χ1) is 17.6. The lowest BCUT2D eigenvalue weighted by molar-refractivity contribution is -0.274. The second-order valence-electron chi connectivity index (χ2n) is 7.07. The molecule has 206 valence electrons. The SMILES string of the molecule is COc1cc2ncnc(Nc3cc(S(=O)(=O)N(C)OC(=O)C(F)(F)F)ccc3OC(F)(F)F)c2cc1OC. The van der Waals surface area contributed by atoms with Crippen LogP contribution in [0.5, 0.6) is 17.2 Å². The number of carbonyl (C=O) groups is 1. The van der Waals surface area contributed by atoms with Crippen molar-refractivity contribution >= 4 is 38.4 Å². The number of ether oxygens (including phenoxy) is 3. The van der Waals surface area contributed by atoms with Crippen LogP contribution in [0.15, 0.2) is 41.6 Å². The van der Waals surface area contributed by atoms with E-state index >= 15 is 0 Å². The van der Waals surface area contributed by atoms with E-state index in [-0.39, 0.29) is 32.7 Å². The average molecular weight is 570 g/mol. The maximum Gasteiger partial charge on any atom is 0.573 e. The number of alkyl halides is 6. The first-order valence-corrected chi connectivity index (χ1v) is 11.3. The molecule has 0 unspecified atom stereocenters. The maximum absolute atomic E-state index is 13.0. The van der Waals surface area contributed by atoms with Crippen molar-refractivity contribution in [2.24, 2.45) is 0 Å². The Kier molecular flexibility index (Phi) is 7.78. The number of hydroxylamine groups is 1. The number of anilines is 2. The van der Waals surface area contributed by atoms with Crippen molar-refractivity contribution in [2.45, 2.75) is 17.4 Å². The molecule has 0 fully saturated rings. The number of aromatic nitrogens is 2. The van der Waals surface area contributed by atoms with E-state index in [0.29, 0.717) is 25.2 Å². The van der Waals surface area contributed by atoms with Gasteiger partial charge in [0, 0.05) is 18.5 Å². The Balaban J connectivity index is 2.10. The summed E-state index contributed by atoms with van der Waals surface area (Å²) in [6.07, 6.45) is -9.68. The van der Waals surface area contributed by atoms with Gasteiger partial charge in [-0.25, -0.2) is 23.2 Å². The second kappa shape index (κ2) is 10.4. The lowest BCUT2D eigenvalue weighted by Crippen LogP contribution is -2.36. The van der Waals surface area contributed by atoms with Crippen molar-refractivity contribution in [1.29, 1.82) is 0 Å². The van der Waals surface area contributed by atoms with Gasteiger partial charge in [0.25, 0.3) is 10.0 Å². The Hall–Kier alpha value is -4.06. The lowest BCUT2D eigenvalue weighted by Gasteiger charge is -2.19. The minimum absolute atomic E-state index is 0.130. The van der Waals surface area contributed by atoms with Gasteiger partial charge >= 0.3 is 18.5 Å². The number of hydrogen-bond acceptors (Lipinski definition) is 10. The van der Waals surface area contributed by atoms with Crippen molar-refractivity contribution < 1.29 is 58.6 Å². The molecule has 3 aromatic rings. The van der Waals surface area contributed by atoms with Crippen LogP contribution in [0.3, 0.4) is 0 Å². The smallest absolute Gasteiger partial charge is 0.493 e. The molecule has 0 bridgehead atoms. The van der Waals surface area contributed by atoms with Gasteiger partial charge in [-0.1, -0.05) is 0 Å². The van der Waals surface area contributed by atoms with E-state index in [0.717, 1.165) is 6.33 Å². The third-order valence-electron chi connectivity index (χ3n) is 4.65. The topological polar surface area (TPSA) is 129 Å². The molecule has 1 N–H and O–H groups in total. The van der Waals surface area contributed by atoms with Gasteiger partial charge in [0.1, 0.15) is 12.1 Å². The minimum atomic E-state index is -5.52. The molecule has 0 aliphatic carbocycles. The number of sulfonamides is 1. The van der Waals surface area contributed by atoms with Gasteiger partial charge in [0.15, 0.2) is 17.2 Å². The van der Waals surface area contributed by atoms with Crippen LogP contribution in [0.1, 0.15) is 0 Å². The largest absolute Gasteiger partial charge is 0.573 e. The van der Waals surface area contributed by atoms with Gasteiger partial charge in [-0.2, -0.15) is 13.2 Å². The summed E-state index contributed by atoms with van der Waals surface area (Å²) in [7, 11) is -1.81. The van der Waals surface area contributed by atoms with E-state index in [1.54, 1.807) is 0 Å². The Morgan fingerprint density at radius 2 is 1.58 bits per heavy atom. The molecular weight excluding hydrogens is 554 g/mol. The summed E-state index contributed by atoms with van der Waals surface area (Å²) in [5, 5.41) is 2.70. The molecule has 1 heterocycles. The molecule has 0 aliphatic rings. The van der Waals surface area contributed by atoms with Crippen LogP contribution in [0.4, 0.5) is 37.8 Å².